The minimum Gasteiger partial charge on any atom is -0.481 e. The topological polar surface area (TPSA) is 55.6 Å². The molecule has 0 saturated carbocycles. The molecule has 1 aliphatic rings. The summed E-state index contributed by atoms with van der Waals surface area (Å²) >= 11 is 0. The number of carbonyl (C=O) groups excluding carboxylic acids is 1. The minimum absolute atomic E-state index is 0. The van der Waals surface area contributed by atoms with Crippen LogP contribution in [0.3, 0.4) is 0 Å². The summed E-state index contributed by atoms with van der Waals surface area (Å²) in [6, 6.07) is 7.98. The number of rotatable bonds is 5. The van der Waals surface area contributed by atoms with Gasteiger partial charge in [0.15, 0.2) is 6.10 Å². The van der Waals surface area contributed by atoms with Gasteiger partial charge in [0.05, 0.1) is 0 Å². The highest BCUT2D eigenvalue weighted by Crippen LogP contribution is 2.22. The lowest BCUT2D eigenvalue weighted by molar-refractivity contribution is -0.140. The fourth-order valence-corrected chi connectivity index (χ4v) is 3.00. The quantitative estimate of drug-likeness (QED) is 0.895. The maximum absolute atomic E-state index is 12.7. The van der Waals surface area contributed by atoms with Gasteiger partial charge in [-0.2, -0.15) is 0 Å². The SMILES string of the molecule is CCC(Oc1cccc(C)c1)C(=O)N1CCCC(C(C)N)C1.Cl. The molecule has 0 spiro atoms. The highest BCUT2D eigenvalue weighted by molar-refractivity contribution is 5.85. The number of ether oxygens (including phenoxy) is 1. The molecule has 0 radical (unpaired) electrons. The molecule has 1 heterocycles. The van der Waals surface area contributed by atoms with Crippen molar-refractivity contribution < 1.29 is 9.53 Å². The van der Waals surface area contributed by atoms with Crippen molar-refractivity contribution in [2.45, 2.75) is 52.2 Å². The van der Waals surface area contributed by atoms with E-state index in [9.17, 15) is 4.79 Å². The van der Waals surface area contributed by atoms with Crippen LogP contribution in [0.5, 0.6) is 5.75 Å². The highest BCUT2D eigenvalue weighted by atomic mass is 35.5. The molecule has 3 atom stereocenters. The number of likely N-dealkylation sites (tertiary alicyclic amines) is 1. The molecule has 5 heteroatoms. The Hall–Kier alpha value is -1.26. The number of nitrogens with two attached hydrogens (primary N) is 1. The number of hydrogen-bond donors (Lipinski definition) is 1. The normalized spacial score (nSPS) is 20.3. The van der Waals surface area contributed by atoms with E-state index in [-0.39, 0.29) is 24.4 Å². The molecule has 1 saturated heterocycles. The summed E-state index contributed by atoms with van der Waals surface area (Å²) in [5.41, 5.74) is 7.14. The fourth-order valence-electron chi connectivity index (χ4n) is 3.00. The molecule has 1 aliphatic heterocycles. The average molecular weight is 341 g/mol. The molecule has 2 N–H and O–H groups in total. The van der Waals surface area contributed by atoms with E-state index < -0.39 is 6.10 Å². The molecule has 1 aromatic carbocycles. The predicted molar refractivity (Wildman–Crippen MR) is 96.1 cm³/mol. The van der Waals surface area contributed by atoms with Crippen LogP contribution in [0.1, 0.15) is 38.7 Å². The van der Waals surface area contributed by atoms with Gasteiger partial charge in [-0.1, -0.05) is 19.1 Å². The molecular formula is C18H29ClN2O2. The zero-order valence-electron chi connectivity index (χ0n) is 14.3. The monoisotopic (exact) mass is 340 g/mol. The van der Waals surface area contributed by atoms with Crippen molar-refractivity contribution in [2.75, 3.05) is 13.1 Å². The first-order chi connectivity index (χ1) is 10.5. The third-order valence-electron chi connectivity index (χ3n) is 4.43. The summed E-state index contributed by atoms with van der Waals surface area (Å²) in [5.74, 6) is 1.25. The Morgan fingerprint density at radius 1 is 1.48 bits per heavy atom. The van der Waals surface area contributed by atoms with Crippen molar-refractivity contribution >= 4 is 18.3 Å². The summed E-state index contributed by atoms with van der Waals surface area (Å²) < 4.78 is 5.93. The van der Waals surface area contributed by atoms with Crippen LogP contribution >= 0.6 is 12.4 Å². The van der Waals surface area contributed by atoms with Gasteiger partial charge in [-0.25, -0.2) is 0 Å². The van der Waals surface area contributed by atoms with E-state index in [2.05, 4.69) is 0 Å². The maximum Gasteiger partial charge on any atom is 0.263 e. The lowest BCUT2D eigenvalue weighted by Gasteiger charge is -2.36. The average Bonchev–Trinajstić information content (AvgIpc) is 2.52. The van der Waals surface area contributed by atoms with Crippen molar-refractivity contribution in [1.29, 1.82) is 0 Å². The first-order valence-electron chi connectivity index (χ1n) is 8.29. The van der Waals surface area contributed by atoms with Gasteiger partial charge in [0.25, 0.3) is 5.91 Å². The van der Waals surface area contributed by atoms with E-state index in [4.69, 9.17) is 10.5 Å². The molecule has 23 heavy (non-hydrogen) atoms. The van der Waals surface area contributed by atoms with Crippen LogP contribution < -0.4 is 10.5 Å². The van der Waals surface area contributed by atoms with Gasteiger partial charge >= 0.3 is 0 Å². The lowest BCUT2D eigenvalue weighted by atomic mass is 9.92. The van der Waals surface area contributed by atoms with Crippen molar-refractivity contribution in [3.05, 3.63) is 29.8 Å². The second kappa shape index (κ2) is 9.14. The van der Waals surface area contributed by atoms with Crippen LogP contribution in [0.2, 0.25) is 0 Å². The molecular weight excluding hydrogens is 312 g/mol. The fraction of sp³-hybridized carbons (Fsp3) is 0.611. The van der Waals surface area contributed by atoms with E-state index in [1.165, 1.54) is 0 Å². The molecule has 2 rings (SSSR count). The molecule has 4 nitrogen and oxygen atoms in total. The van der Waals surface area contributed by atoms with Crippen LogP contribution in [0.15, 0.2) is 24.3 Å². The van der Waals surface area contributed by atoms with E-state index in [0.717, 1.165) is 37.2 Å². The van der Waals surface area contributed by atoms with Crippen LogP contribution in [-0.4, -0.2) is 36.0 Å². The van der Waals surface area contributed by atoms with Gasteiger partial charge in [-0.3, -0.25) is 4.79 Å². The lowest BCUT2D eigenvalue weighted by Crippen LogP contribution is -2.49. The number of aryl methyl sites for hydroxylation is 1. The van der Waals surface area contributed by atoms with Gasteiger partial charge < -0.3 is 15.4 Å². The molecule has 1 amide bonds. The number of nitrogens with zero attached hydrogens (tertiary/aromatic N) is 1. The number of piperidine rings is 1. The predicted octanol–water partition coefficient (Wildman–Crippen LogP) is 3.16. The number of amides is 1. The highest BCUT2D eigenvalue weighted by Gasteiger charge is 2.30. The Kier molecular flexibility index (Phi) is 7.86. The van der Waals surface area contributed by atoms with Crippen molar-refractivity contribution in [3.8, 4) is 5.75 Å². The van der Waals surface area contributed by atoms with Crippen LogP contribution in [0.25, 0.3) is 0 Å². The van der Waals surface area contributed by atoms with Gasteiger partial charge in [0, 0.05) is 19.1 Å². The van der Waals surface area contributed by atoms with Crippen molar-refractivity contribution in [3.63, 3.8) is 0 Å². The standard InChI is InChI=1S/C18H28N2O2.ClH/c1-4-17(22-16-9-5-7-13(2)11-16)18(21)20-10-6-8-15(12-20)14(3)19;/h5,7,9,11,14-15,17H,4,6,8,10,12,19H2,1-3H3;1H. The molecule has 0 aliphatic carbocycles. The van der Waals surface area contributed by atoms with Crippen LogP contribution in [0.4, 0.5) is 0 Å². The van der Waals surface area contributed by atoms with Gasteiger partial charge in [0.2, 0.25) is 0 Å². The summed E-state index contributed by atoms with van der Waals surface area (Å²) in [6.45, 7) is 7.61. The first-order valence-corrected chi connectivity index (χ1v) is 8.29. The molecule has 130 valence electrons. The van der Waals surface area contributed by atoms with Crippen molar-refractivity contribution in [2.24, 2.45) is 11.7 Å². The summed E-state index contributed by atoms with van der Waals surface area (Å²) in [6.07, 6.45) is 2.40. The summed E-state index contributed by atoms with van der Waals surface area (Å²) in [7, 11) is 0. The third kappa shape index (κ3) is 5.40. The van der Waals surface area contributed by atoms with Gasteiger partial charge in [-0.05, 0) is 56.7 Å². The Balaban J connectivity index is 0.00000264. The van der Waals surface area contributed by atoms with E-state index >= 15 is 0 Å². The Morgan fingerprint density at radius 2 is 2.22 bits per heavy atom. The maximum atomic E-state index is 12.7. The van der Waals surface area contributed by atoms with Gasteiger partial charge in [0.1, 0.15) is 5.75 Å². The zero-order chi connectivity index (χ0) is 16.1. The van der Waals surface area contributed by atoms with E-state index in [1.54, 1.807) is 0 Å². The largest absolute Gasteiger partial charge is 0.481 e. The number of hydrogen-bond acceptors (Lipinski definition) is 3. The Labute approximate surface area is 145 Å². The third-order valence-corrected chi connectivity index (χ3v) is 4.43. The number of halogens is 1. The number of carbonyl (C=O) groups is 1. The molecule has 1 fully saturated rings. The second-order valence-electron chi connectivity index (χ2n) is 6.38. The van der Waals surface area contributed by atoms with E-state index in [1.807, 2.05) is 49.9 Å². The molecule has 0 bridgehead atoms. The second-order valence-corrected chi connectivity index (χ2v) is 6.38. The first kappa shape index (κ1) is 19.8. The van der Waals surface area contributed by atoms with Crippen LogP contribution in [-0.2, 0) is 4.79 Å². The van der Waals surface area contributed by atoms with Crippen LogP contribution in [0, 0.1) is 12.8 Å². The Bertz CT molecular complexity index is 508. The Morgan fingerprint density at radius 3 is 2.83 bits per heavy atom. The summed E-state index contributed by atoms with van der Waals surface area (Å²) in [5, 5.41) is 0. The smallest absolute Gasteiger partial charge is 0.263 e. The van der Waals surface area contributed by atoms with Gasteiger partial charge in [-0.15, -0.1) is 12.4 Å². The summed E-state index contributed by atoms with van der Waals surface area (Å²) in [4.78, 5) is 14.7. The van der Waals surface area contributed by atoms with E-state index in [0.29, 0.717) is 12.3 Å². The molecule has 1 aromatic rings. The van der Waals surface area contributed by atoms with Crippen molar-refractivity contribution in [1.82, 2.24) is 4.90 Å². The molecule has 3 unspecified atom stereocenters. The minimum atomic E-state index is -0.409. The molecule has 0 aromatic heterocycles. The zero-order valence-corrected chi connectivity index (χ0v) is 15.1. The number of benzene rings is 1.